The van der Waals surface area contributed by atoms with Gasteiger partial charge in [-0.2, -0.15) is 24.9 Å². The van der Waals surface area contributed by atoms with Gasteiger partial charge in [-0.3, -0.25) is 4.79 Å². The minimum Gasteiger partial charge on any atom is -0.497 e. The van der Waals surface area contributed by atoms with Crippen LogP contribution >= 0.6 is 11.3 Å². The summed E-state index contributed by atoms with van der Waals surface area (Å²) in [5, 5.41) is 23.8. The van der Waals surface area contributed by atoms with Crippen molar-refractivity contribution >= 4 is 48.8 Å². The molecule has 10 nitrogen and oxygen atoms in total. The van der Waals surface area contributed by atoms with E-state index in [1.807, 2.05) is 48.5 Å². The third kappa shape index (κ3) is 6.50. The number of fused-ring (bicyclic) bond motifs is 1. The van der Waals surface area contributed by atoms with E-state index in [1.165, 1.54) is 40.6 Å². The van der Waals surface area contributed by atoms with E-state index in [1.54, 1.807) is 25.5 Å². The van der Waals surface area contributed by atoms with Crippen molar-refractivity contribution in [2.75, 3.05) is 25.2 Å². The number of ether oxygens (including phenoxy) is 1. The lowest BCUT2D eigenvalue weighted by atomic mass is 10.2. The van der Waals surface area contributed by atoms with Gasteiger partial charge >= 0.3 is 0 Å². The zero-order valence-corrected chi connectivity index (χ0v) is 23.1. The van der Waals surface area contributed by atoms with Crippen LogP contribution in [0.15, 0.2) is 82.8 Å². The number of anilines is 1. The number of hydrogen-bond acceptors (Lipinski definition) is 9. The summed E-state index contributed by atoms with van der Waals surface area (Å²) < 4.78 is 33.5. The third-order valence-corrected chi connectivity index (χ3v) is 8.67. The quantitative estimate of drug-likeness (QED) is 0.186. The lowest BCUT2D eigenvalue weighted by Gasteiger charge is -2.20. The molecule has 40 heavy (non-hydrogen) atoms. The second-order valence-corrected chi connectivity index (χ2v) is 11.3. The van der Waals surface area contributed by atoms with E-state index in [4.69, 9.17) is 15.3 Å². The Morgan fingerprint density at radius 3 is 2.33 bits per heavy atom. The maximum Gasteiger partial charge on any atom is 0.280 e. The van der Waals surface area contributed by atoms with Gasteiger partial charge in [0.15, 0.2) is 0 Å². The topological polar surface area (TPSA) is 140 Å². The predicted molar refractivity (Wildman–Crippen MR) is 153 cm³/mol. The Morgan fingerprint density at radius 2 is 1.70 bits per heavy atom. The third-order valence-electron chi connectivity index (χ3n) is 5.76. The highest BCUT2D eigenvalue weighted by Gasteiger charge is 2.26. The van der Waals surface area contributed by atoms with E-state index in [0.717, 1.165) is 14.6 Å². The SMILES string of the molecule is COc1ccc2nc(N(/N=C/c3ccccc3)C(=O)c3ccc(S(=O)(=O)N(CCC#N)CCC#N)cc3)sc2c1. The van der Waals surface area contributed by atoms with Crippen molar-refractivity contribution in [1.29, 1.82) is 10.5 Å². The molecular formula is C28H24N6O4S2. The lowest BCUT2D eigenvalue weighted by Crippen LogP contribution is -2.33. The number of carbonyl (C=O) groups excluding carboxylic acids is 1. The molecule has 0 spiro atoms. The van der Waals surface area contributed by atoms with Crippen LogP contribution in [0.1, 0.15) is 28.8 Å². The highest BCUT2D eigenvalue weighted by atomic mass is 32.2. The van der Waals surface area contributed by atoms with Crippen molar-refractivity contribution in [1.82, 2.24) is 9.29 Å². The van der Waals surface area contributed by atoms with Crippen molar-refractivity contribution in [2.24, 2.45) is 5.10 Å². The van der Waals surface area contributed by atoms with Crippen LogP contribution in [0.3, 0.4) is 0 Å². The number of nitriles is 2. The normalized spacial score (nSPS) is 11.4. The molecule has 0 saturated carbocycles. The van der Waals surface area contributed by atoms with Gasteiger partial charge in [0.05, 0.1) is 40.6 Å². The molecule has 0 saturated heterocycles. The van der Waals surface area contributed by atoms with Gasteiger partial charge in [0.1, 0.15) is 5.75 Å². The van der Waals surface area contributed by atoms with Crippen LogP contribution in [0.4, 0.5) is 5.13 Å². The number of carbonyl (C=O) groups is 1. The molecule has 0 bridgehead atoms. The summed E-state index contributed by atoms with van der Waals surface area (Å²) in [6.45, 7) is -0.0723. The molecule has 0 aliphatic rings. The Balaban J connectivity index is 1.67. The Morgan fingerprint density at radius 1 is 1.02 bits per heavy atom. The van der Waals surface area contributed by atoms with Gasteiger partial charge in [-0.1, -0.05) is 41.7 Å². The number of methoxy groups -OCH3 is 1. The fraction of sp³-hybridized carbons (Fsp3) is 0.179. The molecule has 1 aromatic heterocycles. The van der Waals surface area contributed by atoms with Gasteiger partial charge in [0, 0.05) is 31.5 Å². The summed E-state index contributed by atoms with van der Waals surface area (Å²) in [6.07, 6.45) is 1.53. The first kappa shape index (κ1) is 28.4. The van der Waals surface area contributed by atoms with Crippen LogP contribution < -0.4 is 9.75 Å². The standard InChI is InChI=1S/C28H24N6O4S2/c1-38-23-11-14-25-26(19-23)39-28(32-25)34(31-20-21-7-3-2-4-8-21)27(35)22-9-12-24(13-10-22)40(36,37)33(17-5-15-29)18-6-16-30/h2-4,7-14,19-20H,5-6,17-18H2,1H3/b31-20+. The fourth-order valence-electron chi connectivity index (χ4n) is 3.70. The average molecular weight is 573 g/mol. The number of thiazole rings is 1. The number of rotatable bonds is 11. The first-order chi connectivity index (χ1) is 19.4. The summed E-state index contributed by atoms with van der Waals surface area (Å²) >= 11 is 1.26. The Kier molecular flexibility index (Phi) is 9.19. The Bertz CT molecular complexity index is 1690. The summed E-state index contributed by atoms with van der Waals surface area (Å²) in [4.78, 5) is 18.2. The molecule has 12 heteroatoms. The molecule has 0 unspecified atom stereocenters. The van der Waals surface area contributed by atoms with Crippen molar-refractivity contribution in [2.45, 2.75) is 17.7 Å². The van der Waals surface area contributed by atoms with E-state index in [-0.39, 0.29) is 36.4 Å². The first-order valence-corrected chi connectivity index (χ1v) is 14.3. The number of hydrazone groups is 1. The molecule has 0 fully saturated rings. The van der Waals surface area contributed by atoms with Crippen LogP contribution in [0.2, 0.25) is 0 Å². The fourth-order valence-corrected chi connectivity index (χ4v) is 6.10. The van der Waals surface area contributed by atoms with Crippen molar-refractivity contribution < 1.29 is 17.9 Å². The van der Waals surface area contributed by atoms with E-state index in [2.05, 4.69) is 10.1 Å². The number of amides is 1. The maximum absolute atomic E-state index is 13.7. The number of benzene rings is 3. The lowest BCUT2D eigenvalue weighted by molar-refractivity contribution is 0.0987. The molecular weight excluding hydrogens is 548 g/mol. The molecule has 0 N–H and O–H groups in total. The highest BCUT2D eigenvalue weighted by molar-refractivity contribution is 7.89. The molecule has 4 rings (SSSR count). The van der Waals surface area contributed by atoms with E-state index < -0.39 is 15.9 Å². The smallest absolute Gasteiger partial charge is 0.280 e. The van der Waals surface area contributed by atoms with E-state index in [9.17, 15) is 13.2 Å². The highest BCUT2D eigenvalue weighted by Crippen LogP contribution is 2.32. The second kappa shape index (κ2) is 13.0. The van der Waals surface area contributed by atoms with Crippen LogP contribution in [-0.2, 0) is 10.0 Å². The van der Waals surface area contributed by atoms with E-state index in [0.29, 0.717) is 16.4 Å². The van der Waals surface area contributed by atoms with E-state index >= 15 is 0 Å². The summed E-state index contributed by atoms with van der Waals surface area (Å²) in [5.74, 6) is 0.150. The minimum atomic E-state index is -3.98. The first-order valence-electron chi connectivity index (χ1n) is 12.1. The molecule has 0 radical (unpaired) electrons. The summed E-state index contributed by atoms with van der Waals surface area (Å²) in [6, 6.07) is 24.0. The Hall–Kier alpha value is -4.62. The molecule has 202 valence electrons. The zero-order chi connectivity index (χ0) is 28.5. The minimum absolute atomic E-state index is 0.0103. The van der Waals surface area contributed by atoms with Gasteiger partial charge in [-0.05, 0) is 48.0 Å². The van der Waals surface area contributed by atoms with Crippen molar-refractivity contribution in [3.63, 3.8) is 0 Å². The second-order valence-electron chi connectivity index (χ2n) is 8.35. The van der Waals surface area contributed by atoms with Crippen LogP contribution in [0, 0.1) is 22.7 Å². The molecule has 1 heterocycles. The van der Waals surface area contributed by atoms with Gasteiger partial charge in [-0.25, -0.2) is 13.4 Å². The molecule has 3 aromatic carbocycles. The van der Waals surface area contributed by atoms with Gasteiger partial charge < -0.3 is 4.74 Å². The van der Waals surface area contributed by atoms with Crippen molar-refractivity contribution in [3.8, 4) is 17.9 Å². The number of sulfonamides is 1. The Labute approximate surface area is 236 Å². The van der Waals surface area contributed by atoms with Crippen molar-refractivity contribution in [3.05, 3.63) is 83.9 Å². The summed E-state index contributed by atoms with van der Waals surface area (Å²) in [7, 11) is -2.41. The molecule has 0 atom stereocenters. The predicted octanol–water partition coefficient (Wildman–Crippen LogP) is 4.80. The summed E-state index contributed by atoms with van der Waals surface area (Å²) in [5.41, 5.74) is 1.64. The van der Waals surface area contributed by atoms with Crippen LogP contribution in [0.25, 0.3) is 10.2 Å². The van der Waals surface area contributed by atoms with Crippen LogP contribution in [-0.4, -0.2) is 50.0 Å². The maximum atomic E-state index is 13.7. The van der Waals surface area contributed by atoms with Crippen LogP contribution in [0.5, 0.6) is 5.75 Å². The molecule has 1 amide bonds. The average Bonchev–Trinajstić information content (AvgIpc) is 3.40. The monoisotopic (exact) mass is 572 g/mol. The molecule has 0 aliphatic heterocycles. The largest absolute Gasteiger partial charge is 0.497 e. The number of hydrogen-bond donors (Lipinski definition) is 0. The van der Waals surface area contributed by atoms with Gasteiger partial charge in [0.25, 0.3) is 5.91 Å². The molecule has 4 aromatic rings. The number of aromatic nitrogens is 1. The molecule has 0 aliphatic carbocycles. The van der Waals surface area contributed by atoms with Gasteiger partial charge in [-0.15, -0.1) is 0 Å². The number of nitrogens with zero attached hydrogens (tertiary/aromatic N) is 6. The zero-order valence-electron chi connectivity index (χ0n) is 21.5. The van der Waals surface area contributed by atoms with Gasteiger partial charge in [0.2, 0.25) is 15.2 Å².